The molecule has 0 aliphatic heterocycles. The number of nitrogens with zero attached hydrogens (tertiary/aromatic N) is 1. The standard InChI is InChI=1S/C23H36N2O3/c1-18-7-11-20(12-8-18)24-23(26)14-10-19-9-13-21(22(17-19)27-4)28-16-6-5-15-25(2)3/h9-10,13-14,17-18,20H,5-8,11-12,15-16H2,1-4H3,(H,24,26)/b14-10+. The minimum atomic E-state index is -0.0280. The molecule has 5 nitrogen and oxygen atoms in total. The Labute approximate surface area is 170 Å². The molecule has 5 heteroatoms. The quantitative estimate of drug-likeness (QED) is 0.484. The molecule has 1 fully saturated rings. The topological polar surface area (TPSA) is 50.8 Å². The number of unbranched alkanes of at least 4 members (excludes halogenated alkanes) is 1. The van der Waals surface area contributed by atoms with Crippen LogP contribution in [0.3, 0.4) is 0 Å². The molecule has 1 aromatic carbocycles. The molecule has 0 heterocycles. The van der Waals surface area contributed by atoms with E-state index >= 15 is 0 Å². The monoisotopic (exact) mass is 388 g/mol. The minimum absolute atomic E-state index is 0.0280. The molecule has 1 aliphatic carbocycles. The van der Waals surface area contributed by atoms with Crippen molar-refractivity contribution in [1.82, 2.24) is 10.2 Å². The van der Waals surface area contributed by atoms with Crippen LogP contribution in [0.4, 0.5) is 0 Å². The number of ether oxygens (including phenoxy) is 2. The number of hydrogen-bond donors (Lipinski definition) is 1. The van der Waals surface area contributed by atoms with Gasteiger partial charge in [-0.2, -0.15) is 0 Å². The van der Waals surface area contributed by atoms with E-state index in [1.807, 2.05) is 24.3 Å². The second kappa shape index (κ2) is 11.7. The summed E-state index contributed by atoms with van der Waals surface area (Å²) in [7, 11) is 5.79. The van der Waals surface area contributed by atoms with Crippen LogP contribution in [0.15, 0.2) is 24.3 Å². The van der Waals surface area contributed by atoms with Crippen LogP contribution in [-0.4, -0.2) is 51.2 Å². The van der Waals surface area contributed by atoms with Gasteiger partial charge in [0.15, 0.2) is 11.5 Å². The summed E-state index contributed by atoms with van der Waals surface area (Å²) < 4.78 is 11.3. The molecule has 28 heavy (non-hydrogen) atoms. The van der Waals surface area contributed by atoms with Crippen molar-refractivity contribution in [3.8, 4) is 11.5 Å². The van der Waals surface area contributed by atoms with Crippen LogP contribution < -0.4 is 14.8 Å². The van der Waals surface area contributed by atoms with Crippen molar-refractivity contribution in [2.24, 2.45) is 5.92 Å². The Balaban J connectivity index is 1.83. The molecule has 0 radical (unpaired) electrons. The second-order valence-electron chi connectivity index (χ2n) is 8.07. The first-order valence-electron chi connectivity index (χ1n) is 10.4. The largest absolute Gasteiger partial charge is 0.493 e. The van der Waals surface area contributed by atoms with Crippen LogP contribution in [0.1, 0.15) is 51.0 Å². The zero-order valence-electron chi connectivity index (χ0n) is 17.9. The zero-order valence-corrected chi connectivity index (χ0v) is 17.9. The summed E-state index contributed by atoms with van der Waals surface area (Å²) in [5.41, 5.74) is 0.921. The third kappa shape index (κ3) is 7.93. The zero-order chi connectivity index (χ0) is 20.4. The maximum atomic E-state index is 12.2. The summed E-state index contributed by atoms with van der Waals surface area (Å²) in [5.74, 6) is 2.19. The first-order valence-corrected chi connectivity index (χ1v) is 10.4. The van der Waals surface area contributed by atoms with E-state index in [-0.39, 0.29) is 5.91 Å². The van der Waals surface area contributed by atoms with Gasteiger partial charge in [0.2, 0.25) is 5.91 Å². The summed E-state index contributed by atoms with van der Waals surface area (Å²) in [6.07, 6.45) is 10.1. The lowest BCUT2D eigenvalue weighted by molar-refractivity contribution is -0.117. The predicted octanol–water partition coefficient (Wildman–Crippen LogP) is 4.12. The fraction of sp³-hybridized carbons (Fsp3) is 0.609. The molecule has 0 unspecified atom stereocenters. The van der Waals surface area contributed by atoms with Gasteiger partial charge in [-0.1, -0.05) is 13.0 Å². The van der Waals surface area contributed by atoms with E-state index < -0.39 is 0 Å². The second-order valence-corrected chi connectivity index (χ2v) is 8.07. The van der Waals surface area contributed by atoms with Gasteiger partial charge in [0.1, 0.15) is 0 Å². The highest BCUT2D eigenvalue weighted by atomic mass is 16.5. The average molecular weight is 389 g/mol. The maximum Gasteiger partial charge on any atom is 0.244 e. The van der Waals surface area contributed by atoms with Gasteiger partial charge in [0.05, 0.1) is 13.7 Å². The molecule has 1 saturated carbocycles. The van der Waals surface area contributed by atoms with Crippen molar-refractivity contribution in [2.75, 3.05) is 34.4 Å². The average Bonchev–Trinajstić information content (AvgIpc) is 2.68. The molecule has 1 aliphatic rings. The molecule has 1 aromatic rings. The minimum Gasteiger partial charge on any atom is -0.493 e. The Morgan fingerprint density at radius 2 is 1.93 bits per heavy atom. The van der Waals surface area contributed by atoms with Crippen LogP contribution in [0, 0.1) is 5.92 Å². The molecule has 1 N–H and O–H groups in total. The van der Waals surface area contributed by atoms with E-state index in [0.29, 0.717) is 18.4 Å². The van der Waals surface area contributed by atoms with Crippen LogP contribution in [0.2, 0.25) is 0 Å². The maximum absolute atomic E-state index is 12.2. The number of nitrogens with one attached hydrogen (secondary N) is 1. The van der Waals surface area contributed by atoms with Crippen LogP contribution in [0.5, 0.6) is 11.5 Å². The van der Waals surface area contributed by atoms with E-state index in [4.69, 9.17) is 9.47 Å². The molecule has 2 rings (SSSR count). The lowest BCUT2D eigenvalue weighted by Crippen LogP contribution is -2.36. The van der Waals surface area contributed by atoms with E-state index in [0.717, 1.165) is 49.5 Å². The molecule has 0 aromatic heterocycles. The lowest BCUT2D eigenvalue weighted by Gasteiger charge is -2.26. The fourth-order valence-electron chi connectivity index (χ4n) is 3.44. The number of hydrogen-bond acceptors (Lipinski definition) is 4. The third-order valence-corrected chi connectivity index (χ3v) is 5.23. The van der Waals surface area contributed by atoms with Crippen molar-refractivity contribution < 1.29 is 14.3 Å². The first-order chi connectivity index (χ1) is 13.5. The molecule has 0 bridgehead atoms. The fourth-order valence-corrected chi connectivity index (χ4v) is 3.44. The molecule has 0 spiro atoms. The number of amides is 1. The third-order valence-electron chi connectivity index (χ3n) is 5.23. The van der Waals surface area contributed by atoms with Gasteiger partial charge >= 0.3 is 0 Å². The highest BCUT2D eigenvalue weighted by molar-refractivity contribution is 5.92. The Bertz CT molecular complexity index is 635. The summed E-state index contributed by atoms with van der Waals surface area (Å²) in [4.78, 5) is 14.4. The number of benzene rings is 1. The van der Waals surface area contributed by atoms with Crippen molar-refractivity contribution in [2.45, 2.75) is 51.5 Å². The number of carbonyl (C=O) groups excluding carboxylic acids is 1. The summed E-state index contributed by atoms with van der Waals surface area (Å²) >= 11 is 0. The van der Waals surface area contributed by atoms with E-state index in [2.05, 4.69) is 31.2 Å². The van der Waals surface area contributed by atoms with Crippen molar-refractivity contribution in [3.05, 3.63) is 29.8 Å². The molecule has 0 atom stereocenters. The van der Waals surface area contributed by atoms with Crippen molar-refractivity contribution >= 4 is 12.0 Å². The molecular weight excluding hydrogens is 352 g/mol. The smallest absolute Gasteiger partial charge is 0.244 e. The van der Waals surface area contributed by atoms with Gasteiger partial charge < -0.3 is 19.7 Å². The van der Waals surface area contributed by atoms with Gasteiger partial charge in [0, 0.05) is 12.1 Å². The summed E-state index contributed by atoms with van der Waals surface area (Å²) in [5, 5.41) is 3.11. The summed E-state index contributed by atoms with van der Waals surface area (Å²) in [6.45, 7) is 4.01. The Morgan fingerprint density at radius 3 is 2.61 bits per heavy atom. The van der Waals surface area contributed by atoms with E-state index in [9.17, 15) is 4.79 Å². The van der Waals surface area contributed by atoms with E-state index in [1.165, 1.54) is 12.8 Å². The van der Waals surface area contributed by atoms with Crippen molar-refractivity contribution in [3.63, 3.8) is 0 Å². The van der Waals surface area contributed by atoms with Gasteiger partial charge in [-0.15, -0.1) is 0 Å². The van der Waals surface area contributed by atoms with Crippen LogP contribution in [0.25, 0.3) is 6.08 Å². The van der Waals surface area contributed by atoms with Gasteiger partial charge in [-0.25, -0.2) is 0 Å². The normalized spacial score (nSPS) is 19.8. The van der Waals surface area contributed by atoms with Gasteiger partial charge in [-0.3, -0.25) is 4.79 Å². The summed E-state index contributed by atoms with van der Waals surface area (Å²) in [6, 6.07) is 6.07. The van der Waals surface area contributed by atoms with Gasteiger partial charge in [0.25, 0.3) is 0 Å². The first kappa shape index (κ1) is 22.3. The van der Waals surface area contributed by atoms with Crippen molar-refractivity contribution in [1.29, 1.82) is 0 Å². The SMILES string of the molecule is COc1cc(/C=C/C(=O)NC2CCC(C)CC2)ccc1OCCCCN(C)C. The molecule has 0 saturated heterocycles. The molecular formula is C23H36N2O3. The Morgan fingerprint density at radius 1 is 1.18 bits per heavy atom. The van der Waals surface area contributed by atoms with Crippen LogP contribution in [-0.2, 0) is 4.79 Å². The van der Waals surface area contributed by atoms with Crippen LogP contribution >= 0.6 is 0 Å². The lowest BCUT2D eigenvalue weighted by atomic mass is 9.87. The Kier molecular flexibility index (Phi) is 9.35. The number of rotatable bonds is 10. The molecule has 156 valence electrons. The molecule has 1 amide bonds. The number of methoxy groups -OCH3 is 1. The predicted molar refractivity (Wildman–Crippen MR) is 115 cm³/mol. The highest BCUT2D eigenvalue weighted by Crippen LogP contribution is 2.29. The van der Waals surface area contributed by atoms with Gasteiger partial charge in [-0.05, 0) is 88.9 Å². The Hall–Kier alpha value is -2.01. The number of carbonyl (C=O) groups is 1. The van der Waals surface area contributed by atoms with E-state index in [1.54, 1.807) is 13.2 Å². The highest BCUT2D eigenvalue weighted by Gasteiger charge is 2.18.